The molecule has 1 unspecified atom stereocenters. The number of fused-ring (bicyclic) bond motifs is 1. The van der Waals surface area contributed by atoms with Crippen LogP contribution in [0.1, 0.15) is 51.5 Å². The van der Waals surface area contributed by atoms with E-state index in [1.165, 1.54) is 25.5 Å². The van der Waals surface area contributed by atoms with Gasteiger partial charge in [0.2, 0.25) is 5.91 Å². The summed E-state index contributed by atoms with van der Waals surface area (Å²) >= 11 is 0. The Kier molecular flexibility index (Phi) is 5.63. The maximum Gasteiger partial charge on any atom is 0.302 e. The van der Waals surface area contributed by atoms with Gasteiger partial charge in [-0.05, 0) is 44.1 Å². The zero-order valence-corrected chi connectivity index (χ0v) is 18.2. The van der Waals surface area contributed by atoms with Crippen LogP contribution in [0.3, 0.4) is 0 Å². The maximum absolute atomic E-state index is 13.0. The van der Waals surface area contributed by atoms with E-state index in [-0.39, 0.29) is 23.5 Å². The molecule has 1 saturated heterocycles. The van der Waals surface area contributed by atoms with E-state index in [2.05, 4.69) is 27.0 Å². The van der Waals surface area contributed by atoms with Crippen LogP contribution in [0, 0.1) is 11.8 Å². The highest BCUT2D eigenvalue weighted by Gasteiger charge is 2.33. The number of likely N-dealkylation sites (tertiary alicyclic amines) is 1. The summed E-state index contributed by atoms with van der Waals surface area (Å²) in [4.78, 5) is 38.1. The molecule has 32 heavy (non-hydrogen) atoms. The van der Waals surface area contributed by atoms with Crippen molar-refractivity contribution >= 4 is 16.8 Å². The number of aromatic nitrogens is 5. The van der Waals surface area contributed by atoms with Crippen molar-refractivity contribution in [2.24, 2.45) is 11.8 Å². The predicted molar refractivity (Wildman–Crippen MR) is 118 cm³/mol. The lowest BCUT2D eigenvalue weighted by molar-refractivity contribution is -0.135. The zero-order valence-electron chi connectivity index (χ0n) is 18.2. The number of H-pyrrole nitrogens is 1. The Morgan fingerprint density at radius 3 is 2.88 bits per heavy atom. The fraction of sp³-hybridized carbons (Fsp3) is 0.522. The number of rotatable bonds is 5. The fourth-order valence-corrected chi connectivity index (χ4v) is 4.94. The molecule has 0 spiro atoms. The summed E-state index contributed by atoms with van der Waals surface area (Å²) in [5, 5.41) is 4.89. The Morgan fingerprint density at radius 1 is 1.22 bits per heavy atom. The van der Waals surface area contributed by atoms with E-state index in [0.717, 1.165) is 31.7 Å². The molecule has 4 heterocycles. The van der Waals surface area contributed by atoms with Crippen LogP contribution >= 0.6 is 0 Å². The average Bonchev–Trinajstić information content (AvgIpc) is 3.49. The summed E-state index contributed by atoms with van der Waals surface area (Å²) in [5.74, 6) is 1.76. The van der Waals surface area contributed by atoms with E-state index < -0.39 is 0 Å². The molecule has 1 saturated carbocycles. The second-order valence-corrected chi connectivity index (χ2v) is 8.87. The third-order valence-corrected chi connectivity index (χ3v) is 6.90. The van der Waals surface area contributed by atoms with Gasteiger partial charge in [0.15, 0.2) is 5.75 Å². The minimum absolute atomic E-state index is 0.0981. The number of aromatic amines is 1. The summed E-state index contributed by atoms with van der Waals surface area (Å²) in [7, 11) is 0. The van der Waals surface area contributed by atoms with E-state index in [9.17, 15) is 9.59 Å². The van der Waals surface area contributed by atoms with Crippen LogP contribution in [0.5, 0.6) is 11.8 Å². The van der Waals surface area contributed by atoms with Crippen molar-refractivity contribution in [1.29, 1.82) is 0 Å². The Hall–Kier alpha value is -3.23. The van der Waals surface area contributed by atoms with Crippen molar-refractivity contribution in [1.82, 2.24) is 29.6 Å². The molecule has 1 atom stereocenters. The molecule has 0 radical (unpaired) electrons. The summed E-state index contributed by atoms with van der Waals surface area (Å²) in [6, 6.07) is 1.84. The van der Waals surface area contributed by atoms with Gasteiger partial charge in [0, 0.05) is 25.2 Å². The Bertz CT molecular complexity index is 1160. The number of nitrogens with one attached hydrogen (secondary N) is 1. The Morgan fingerprint density at radius 2 is 2.06 bits per heavy atom. The summed E-state index contributed by atoms with van der Waals surface area (Å²) in [6.07, 6.45) is 12.9. The molecule has 3 aromatic heterocycles. The molecule has 1 N–H and O–H groups in total. The maximum atomic E-state index is 13.0. The SMILES string of the molecule is CCC1CCC(C(=O)N2CCC(n3cc(Oc4nc5cnccc5c(=O)[nH]4)cn3)C2)CC1. The summed E-state index contributed by atoms with van der Waals surface area (Å²) < 4.78 is 7.58. The van der Waals surface area contributed by atoms with Gasteiger partial charge in [0.25, 0.3) is 5.56 Å². The number of hydrogen-bond donors (Lipinski definition) is 1. The van der Waals surface area contributed by atoms with Crippen molar-refractivity contribution in [3.8, 4) is 11.8 Å². The molecule has 168 valence electrons. The van der Waals surface area contributed by atoms with E-state index >= 15 is 0 Å². The van der Waals surface area contributed by atoms with Crippen LogP contribution in [0.4, 0.5) is 0 Å². The first-order valence-corrected chi connectivity index (χ1v) is 11.5. The normalized spacial score (nSPS) is 23.5. The lowest BCUT2D eigenvalue weighted by Gasteiger charge is -2.30. The van der Waals surface area contributed by atoms with Crippen LogP contribution in [-0.2, 0) is 4.79 Å². The third kappa shape index (κ3) is 4.11. The molecule has 1 amide bonds. The third-order valence-electron chi connectivity index (χ3n) is 6.90. The van der Waals surface area contributed by atoms with Crippen molar-refractivity contribution in [3.05, 3.63) is 41.2 Å². The van der Waals surface area contributed by atoms with Gasteiger partial charge in [-0.3, -0.25) is 24.2 Å². The lowest BCUT2D eigenvalue weighted by atomic mass is 9.80. The molecule has 9 heteroatoms. The monoisotopic (exact) mass is 436 g/mol. The van der Waals surface area contributed by atoms with Crippen molar-refractivity contribution in [2.75, 3.05) is 13.1 Å². The topological polar surface area (TPSA) is 106 Å². The second kappa shape index (κ2) is 8.72. The number of ether oxygens (including phenoxy) is 1. The molecule has 2 fully saturated rings. The molecule has 0 aromatic carbocycles. The molecule has 2 aliphatic rings. The number of hydrogen-bond acceptors (Lipinski definition) is 6. The lowest BCUT2D eigenvalue weighted by Crippen LogP contribution is -2.36. The second-order valence-electron chi connectivity index (χ2n) is 8.87. The first kappa shape index (κ1) is 20.7. The van der Waals surface area contributed by atoms with Crippen LogP contribution < -0.4 is 10.3 Å². The van der Waals surface area contributed by atoms with Gasteiger partial charge in [-0.2, -0.15) is 10.1 Å². The van der Waals surface area contributed by atoms with Gasteiger partial charge in [-0.25, -0.2) is 0 Å². The number of pyridine rings is 1. The van der Waals surface area contributed by atoms with Crippen LogP contribution in [-0.4, -0.2) is 48.6 Å². The molecule has 5 rings (SSSR count). The van der Waals surface area contributed by atoms with Crippen molar-refractivity contribution in [2.45, 2.75) is 51.5 Å². The molecule has 0 bridgehead atoms. The first-order chi connectivity index (χ1) is 15.6. The first-order valence-electron chi connectivity index (χ1n) is 11.5. The van der Waals surface area contributed by atoms with E-state index in [0.29, 0.717) is 29.1 Å². The molecular formula is C23H28N6O3. The average molecular weight is 437 g/mol. The molecule has 1 aliphatic carbocycles. The fourth-order valence-electron chi connectivity index (χ4n) is 4.94. The minimum atomic E-state index is -0.280. The number of carbonyl (C=O) groups excluding carboxylic acids is 1. The van der Waals surface area contributed by atoms with Gasteiger partial charge >= 0.3 is 6.01 Å². The van der Waals surface area contributed by atoms with Gasteiger partial charge in [-0.1, -0.05) is 13.3 Å². The predicted octanol–water partition coefficient (Wildman–Crippen LogP) is 3.30. The summed E-state index contributed by atoms with van der Waals surface area (Å²) in [5.41, 5.74) is 0.189. The molecular weight excluding hydrogens is 408 g/mol. The van der Waals surface area contributed by atoms with Gasteiger partial charge < -0.3 is 9.64 Å². The standard InChI is InChI=1S/C23H28N6O3/c1-2-15-3-5-16(6-4-15)22(31)28-10-8-17(13-28)29-14-18(11-25-29)32-23-26-20-12-24-9-7-19(20)21(30)27-23/h7,9,11-12,14-17H,2-6,8,10,13H2,1H3,(H,26,27,30). The van der Waals surface area contributed by atoms with Crippen molar-refractivity contribution in [3.63, 3.8) is 0 Å². The highest BCUT2D eigenvalue weighted by atomic mass is 16.5. The van der Waals surface area contributed by atoms with Crippen LogP contribution in [0.25, 0.3) is 10.9 Å². The summed E-state index contributed by atoms with van der Waals surface area (Å²) in [6.45, 7) is 3.68. The van der Waals surface area contributed by atoms with E-state index in [4.69, 9.17) is 4.74 Å². The molecule has 9 nitrogen and oxygen atoms in total. The van der Waals surface area contributed by atoms with Gasteiger partial charge in [0.1, 0.15) is 0 Å². The smallest absolute Gasteiger partial charge is 0.302 e. The number of carbonyl (C=O) groups is 1. The highest BCUT2D eigenvalue weighted by molar-refractivity contribution is 5.79. The largest absolute Gasteiger partial charge is 0.422 e. The van der Waals surface area contributed by atoms with Gasteiger partial charge in [-0.15, -0.1) is 0 Å². The van der Waals surface area contributed by atoms with Crippen LogP contribution in [0.15, 0.2) is 35.6 Å². The zero-order chi connectivity index (χ0) is 22.1. The van der Waals surface area contributed by atoms with Gasteiger partial charge in [0.05, 0.1) is 35.5 Å². The van der Waals surface area contributed by atoms with E-state index in [1.807, 2.05) is 9.58 Å². The number of amides is 1. The minimum Gasteiger partial charge on any atom is -0.422 e. The quantitative estimate of drug-likeness (QED) is 0.658. The molecule has 3 aromatic rings. The van der Waals surface area contributed by atoms with Crippen LogP contribution in [0.2, 0.25) is 0 Å². The molecule has 1 aliphatic heterocycles. The Balaban J connectivity index is 1.22. The van der Waals surface area contributed by atoms with E-state index in [1.54, 1.807) is 24.7 Å². The Labute approximate surface area is 185 Å². The number of nitrogens with zero attached hydrogens (tertiary/aromatic N) is 5. The highest BCUT2D eigenvalue weighted by Crippen LogP contribution is 2.33. The van der Waals surface area contributed by atoms with Crippen molar-refractivity contribution < 1.29 is 9.53 Å².